The van der Waals surface area contributed by atoms with Gasteiger partial charge >= 0.3 is 0 Å². The molecule has 0 spiro atoms. The highest BCUT2D eigenvalue weighted by Crippen LogP contribution is 2.33. The summed E-state index contributed by atoms with van der Waals surface area (Å²) in [4.78, 5) is 4.60. The summed E-state index contributed by atoms with van der Waals surface area (Å²) >= 11 is 0. The number of ether oxygens (including phenoxy) is 1. The van der Waals surface area contributed by atoms with Gasteiger partial charge in [-0.3, -0.25) is 4.98 Å². The normalized spacial score (nSPS) is 12.7. The van der Waals surface area contributed by atoms with Crippen LogP contribution >= 0.6 is 0 Å². The molecule has 20 heavy (non-hydrogen) atoms. The Kier molecular flexibility index (Phi) is 8.28. The molecule has 1 atom stereocenters. The molecule has 0 saturated carbocycles. The van der Waals surface area contributed by atoms with Crippen molar-refractivity contribution in [3.8, 4) is 5.75 Å². The molecule has 1 heterocycles. The van der Waals surface area contributed by atoms with Crippen LogP contribution in [-0.2, 0) is 0 Å². The summed E-state index contributed by atoms with van der Waals surface area (Å²) in [6.07, 6.45) is 7.89. The van der Waals surface area contributed by atoms with Crippen molar-refractivity contribution in [3.63, 3.8) is 0 Å². The van der Waals surface area contributed by atoms with E-state index in [2.05, 4.69) is 31.1 Å². The Balaban J connectivity index is 3.01. The third-order valence-electron chi connectivity index (χ3n) is 3.72. The van der Waals surface area contributed by atoms with Gasteiger partial charge in [0.2, 0.25) is 0 Å². The fraction of sp³-hybridized carbons (Fsp3) is 0.706. The Bertz CT molecular complexity index is 362. The maximum atomic E-state index is 5.51. The van der Waals surface area contributed by atoms with E-state index in [1.165, 1.54) is 25.7 Å². The first kappa shape index (κ1) is 17.0. The van der Waals surface area contributed by atoms with Crippen LogP contribution in [0.4, 0.5) is 0 Å². The second-order valence-corrected chi connectivity index (χ2v) is 5.36. The van der Waals surface area contributed by atoms with Crippen LogP contribution in [0.3, 0.4) is 0 Å². The minimum atomic E-state index is 0.297. The van der Waals surface area contributed by atoms with Crippen molar-refractivity contribution in [1.82, 2.24) is 10.3 Å². The van der Waals surface area contributed by atoms with Crippen molar-refractivity contribution in [2.45, 2.75) is 58.9 Å². The van der Waals surface area contributed by atoms with Gasteiger partial charge in [-0.15, -0.1) is 0 Å². The zero-order valence-electron chi connectivity index (χ0n) is 13.5. The van der Waals surface area contributed by atoms with E-state index < -0.39 is 0 Å². The predicted molar refractivity (Wildman–Crippen MR) is 85.1 cm³/mol. The second kappa shape index (κ2) is 9.76. The topological polar surface area (TPSA) is 34.2 Å². The Morgan fingerprint density at radius 2 is 1.85 bits per heavy atom. The number of nitrogens with zero attached hydrogens (tertiary/aromatic N) is 1. The Morgan fingerprint density at radius 1 is 1.15 bits per heavy atom. The first-order valence-electron chi connectivity index (χ1n) is 8.00. The van der Waals surface area contributed by atoms with Gasteiger partial charge in [0.1, 0.15) is 5.75 Å². The SMILES string of the molecule is CCCNC(c1ncccc1OC)C(CCC)CCC. The van der Waals surface area contributed by atoms with E-state index in [4.69, 9.17) is 4.74 Å². The number of hydrogen-bond acceptors (Lipinski definition) is 3. The molecule has 0 aromatic carbocycles. The molecule has 1 aromatic rings. The number of rotatable bonds is 10. The van der Waals surface area contributed by atoms with Gasteiger partial charge < -0.3 is 10.1 Å². The van der Waals surface area contributed by atoms with Crippen LogP contribution in [0.15, 0.2) is 18.3 Å². The molecule has 3 heteroatoms. The standard InChI is InChI=1S/C17H30N2O/c1-5-9-14(10-6-2)16(18-12-7-3)17-15(20-4)11-8-13-19-17/h8,11,13-14,16,18H,5-7,9-10,12H2,1-4H3. The van der Waals surface area contributed by atoms with Crippen molar-refractivity contribution in [2.24, 2.45) is 5.92 Å². The first-order chi connectivity index (χ1) is 9.78. The van der Waals surface area contributed by atoms with Crippen LogP contribution in [0.1, 0.15) is 64.6 Å². The zero-order chi connectivity index (χ0) is 14.8. The van der Waals surface area contributed by atoms with Crippen LogP contribution < -0.4 is 10.1 Å². The highest BCUT2D eigenvalue weighted by molar-refractivity contribution is 5.30. The van der Waals surface area contributed by atoms with Crippen LogP contribution in [0.25, 0.3) is 0 Å². The summed E-state index contributed by atoms with van der Waals surface area (Å²) in [5.74, 6) is 1.53. The second-order valence-electron chi connectivity index (χ2n) is 5.36. The molecular formula is C17H30N2O. The zero-order valence-corrected chi connectivity index (χ0v) is 13.5. The maximum Gasteiger partial charge on any atom is 0.141 e. The minimum absolute atomic E-state index is 0.297. The van der Waals surface area contributed by atoms with Gasteiger partial charge in [-0.2, -0.15) is 0 Å². The van der Waals surface area contributed by atoms with Crippen LogP contribution in [-0.4, -0.2) is 18.6 Å². The van der Waals surface area contributed by atoms with E-state index in [-0.39, 0.29) is 0 Å². The molecule has 0 bridgehead atoms. The summed E-state index contributed by atoms with van der Waals surface area (Å²) in [6.45, 7) is 7.74. The van der Waals surface area contributed by atoms with Crippen molar-refractivity contribution < 1.29 is 4.74 Å². The minimum Gasteiger partial charge on any atom is -0.495 e. The lowest BCUT2D eigenvalue weighted by Crippen LogP contribution is -2.30. The Hall–Kier alpha value is -1.09. The number of methoxy groups -OCH3 is 1. The summed E-state index contributed by atoms with van der Waals surface area (Å²) in [5, 5.41) is 3.69. The molecule has 1 unspecified atom stereocenters. The molecule has 0 aliphatic rings. The summed E-state index contributed by atoms with van der Waals surface area (Å²) in [5.41, 5.74) is 1.07. The van der Waals surface area contributed by atoms with E-state index in [1.54, 1.807) is 7.11 Å². The number of nitrogens with one attached hydrogen (secondary N) is 1. The highest BCUT2D eigenvalue weighted by atomic mass is 16.5. The smallest absolute Gasteiger partial charge is 0.141 e. The lowest BCUT2D eigenvalue weighted by atomic mass is 9.87. The third-order valence-corrected chi connectivity index (χ3v) is 3.72. The summed E-state index contributed by atoms with van der Waals surface area (Å²) in [7, 11) is 1.73. The van der Waals surface area contributed by atoms with Crippen LogP contribution in [0.5, 0.6) is 5.75 Å². The largest absolute Gasteiger partial charge is 0.495 e. The molecule has 1 rings (SSSR count). The molecule has 1 N–H and O–H groups in total. The van der Waals surface area contributed by atoms with E-state index in [0.29, 0.717) is 12.0 Å². The van der Waals surface area contributed by atoms with Crippen molar-refractivity contribution in [3.05, 3.63) is 24.0 Å². The molecule has 0 radical (unpaired) electrons. The number of hydrogen-bond donors (Lipinski definition) is 1. The van der Waals surface area contributed by atoms with Crippen molar-refractivity contribution in [1.29, 1.82) is 0 Å². The molecular weight excluding hydrogens is 248 g/mol. The van der Waals surface area contributed by atoms with Crippen LogP contribution in [0.2, 0.25) is 0 Å². The first-order valence-corrected chi connectivity index (χ1v) is 8.00. The third kappa shape index (κ3) is 4.78. The number of pyridine rings is 1. The quantitative estimate of drug-likeness (QED) is 0.691. The van der Waals surface area contributed by atoms with Crippen molar-refractivity contribution in [2.75, 3.05) is 13.7 Å². The van der Waals surface area contributed by atoms with E-state index in [0.717, 1.165) is 24.4 Å². The summed E-state index contributed by atoms with van der Waals surface area (Å²) in [6, 6.07) is 4.25. The average Bonchev–Trinajstić information content (AvgIpc) is 2.48. The van der Waals surface area contributed by atoms with Gasteiger partial charge in [0.25, 0.3) is 0 Å². The van der Waals surface area contributed by atoms with E-state index >= 15 is 0 Å². The van der Waals surface area contributed by atoms with E-state index in [9.17, 15) is 0 Å². The lowest BCUT2D eigenvalue weighted by molar-refractivity contribution is 0.299. The molecule has 114 valence electrons. The number of aromatic nitrogens is 1. The summed E-state index contributed by atoms with van der Waals surface area (Å²) < 4.78 is 5.51. The molecule has 3 nitrogen and oxygen atoms in total. The fourth-order valence-electron chi connectivity index (χ4n) is 2.81. The van der Waals surface area contributed by atoms with Crippen LogP contribution in [0, 0.1) is 5.92 Å². The monoisotopic (exact) mass is 278 g/mol. The lowest BCUT2D eigenvalue weighted by Gasteiger charge is -2.28. The fourth-order valence-corrected chi connectivity index (χ4v) is 2.81. The van der Waals surface area contributed by atoms with Gasteiger partial charge in [-0.25, -0.2) is 0 Å². The van der Waals surface area contributed by atoms with Gasteiger partial charge in [0, 0.05) is 6.20 Å². The maximum absolute atomic E-state index is 5.51. The Labute approximate surface area is 124 Å². The molecule has 0 fully saturated rings. The predicted octanol–water partition coefficient (Wildman–Crippen LogP) is 4.35. The van der Waals surface area contributed by atoms with Gasteiger partial charge in [-0.05, 0) is 43.9 Å². The molecule has 1 aromatic heterocycles. The van der Waals surface area contributed by atoms with Gasteiger partial charge in [0.15, 0.2) is 0 Å². The molecule has 0 saturated heterocycles. The van der Waals surface area contributed by atoms with Gasteiger partial charge in [0.05, 0.1) is 18.8 Å². The Morgan fingerprint density at radius 3 is 2.40 bits per heavy atom. The van der Waals surface area contributed by atoms with Crippen molar-refractivity contribution >= 4 is 0 Å². The molecule has 0 aliphatic heterocycles. The van der Waals surface area contributed by atoms with E-state index in [1.807, 2.05) is 18.3 Å². The average molecular weight is 278 g/mol. The highest BCUT2D eigenvalue weighted by Gasteiger charge is 2.25. The molecule has 0 amide bonds. The van der Waals surface area contributed by atoms with Gasteiger partial charge in [-0.1, -0.05) is 33.6 Å². The molecule has 0 aliphatic carbocycles.